The fourth-order valence-electron chi connectivity index (χ4n) is 5.04. The number of hydrogen-bond acceptors (Lipinski definition) is 3. The molecule has 0 spiro atoms. The number of hydrogen-bond donors (Lipinski definition) is 2. The topological polar surface area (TPSA) is 62.2 Å². The first-order valence-electron chi connectivity index (χ1n) is 12.2. The number of anilines is 1. The first-order valence-corrected chi connectivity index (χ1v) is 12.6. The van der Waals surface area contributed by atoms with Crippen molar-refractivity contribution in [1.82, 2.24) is 19.8 Å². The van der Waals surface area contributed by atoms with Gasteiger partial charge in [0.15, 0.2) is 5.11 Å². The number of amides is 1. The molecule has 0 bridgehead atoms. The van der Waals surface area contributed by atoms with E-state index >= 15 is 0 Å². The second-order valence-electron chi connectivity index (χ2n) is 9.10. The van der Waals surface area contributed by atoms with Crippen LogP contribution in [0.1, 0.15) is 41.1 Å². The van der Waals surface area contributed by atoms with Crippen LogP contribution >= 0.6 is 12.2 Å². The maximum atomic E-state index is 14.8. The highest BCUT2D eigenvalue weighted by Gasteiger charge is 2.41. The van der Waals surface area contributed by atoms with Gasteiger partial charge in [-0.3, -0.25) is 9.78 Å². The smallest absolute Gasteiger partial charge is 0.226 e. The van der Waals surface area contributed by atoms with Crippen LogP contribution in [0.5, 0.6) is 0 Å². The number of para-hydroxylation sites is 2. The molecule has 2 N–H and O–H groups in total. The van der Waals surface area contributed by atoms with Gasteiger partial charge in [-0.25, -0.2) is 4.39 Å². The summed E-state index contributed by atoms with van der Waals surface area (Å²) in [4.78, 5) is 19.4. The minimum atomic E-state index is -0.286. The Hall–Kier alpha value is -4.04. The Bertz CT molecular complexity index is 1420. The Kier molecular flexibility index (Phi) is 7.01. The third kappa shape index (κ3) is 4.97. The summed E-state index contributed by atoms with van der Waals surface area (Å²) in [5, 5.41) is 6.93. The van der Waals surface area contributed by atoms with Crippen molar-refractivity contribution < 1.29 is 9.18 Å². The average Bonchev–Trinajstić information content (AvgIpc) is 3.38. The first-order chi connectivity index (χ1) is 17.9. The number of carbonyl (C=O) groups is 1. The number of benzene rings is 2. The lowest BCUT2D eigenvalue weighted by molar-refractivity contribution is -0.116. The predicted molar refractivity (Wildman–Crippen MR) is 147 cm³/mol. The summed E-state index contributed by atoms with van der Waals surface area (Å²) in [6.45, 7) is 4.38. The maximum Gasteiger partial charge on any atom is 0.226 e. The highest BCUT2D eigenvalue weighted by atomic mass is 32.1. The van der Waals surface area contributed by atoms with Crippen LogP contribution < -0.4 is 10.6 Å². The van der Waals surface area contributed by atoms with Gasteiger partial charge in [0.2, 0.25) is 5.91 Å². The molecule has 1 amide bonds. The van der Waals surface area contributed by atoms with Gasteiger partial charge in [0.25, 0.3) is 0 Å². The molecule has 188 valence electrons. The van der Waals surface area contributed by atoms with Gasteiger partial charge in [0.05, 0.1) is 23.5 Å². The molecule has 6 nitrogen and oxygen atoms in total. The summed E-state index contributed by atoms with van der Waals surface area (Å²) in [6, 6.07) is 23.6. The second kappa shape index (κ2) is 10.5. The third-order valence-electron chi connectivity index (χ3n) is 6.72. The van der Waals surface area contributed by atoms with E-state index in [4.69, 9.17) is 12.2 Å². The molecule has 0 radical (unpaired) electrons. The van der Waals surface area contributed by atoms with Crippen molar-refractivity contribution in [2.45, 2.75) is 32.4 Å². The molecule has 1 fully saturated rings. The quantitative estimate of drug-likeness (QED) is 0.314. The van der Waals surface area contributed by atoms with Gasteiger partial charge in [0, 0.05) is 36.2 Å². The summed E-state index contributed by atoms with van der Waals surface area (Å²) in [5.41, 5.74) is 4.94. The van der Waals surface area contributed by atoms with E-state index in [9.17, 15) is 9.18 Å². The molecule has 8 heteroatoms. The first kappa shape index (κ1) is 24.6. The van der Waals surface area contributed by atoms with Crippen molar-refractivity contribution in [3.8, 4) is 5.69 Å². The van der Waals surface area contributed by atoms with E-state index in [0.29, 0.717) is 17.3 Å². The zero-order chi connectivity index (χ0) is 25.9. The fourth-order valence-corrected chi connectivity index (χ4v) is 5.37. The zero-order valence-electron chi connectivity index (χ0n) is 20.7. The normalized spacial score (nSPS) is 17.1. The number of nitrogens with zero attached hydrogens (tertiary/aromatic N) is 3. The van der Waals surface area contributed by atoms with Gasteiger partial charge in [-0.15, -0.1) is 0 Å². The molecule has 2 aromatic heterocycles. The minimum absolute atomic E-state index is 0.0918. The van der Waals surface area contributed by atoms with Crippen LogP contribution in [0.2, 0.25) is 0 Å². The van der Waals surface area contributed by atoms with Gasteiger partial charge >= 0.3 is 0 Å². The van der Waals surface area contributed by atoms with Crippen LogP contribution in [0.4, 0.5) is 10.1 Å². The van der Waals surface area contributed by atoms with Gasteiger partial charge < -0.3 is 20.1 Å². The summed E-state index contributed by atoms with van der Waals surface area (Å²) in [5.74, 6) is -0.377. The van der Waals surface area contributed by atoms with Crippen LogP contribution in [0, 0.1) is 19.7 Å². The van der Waals surface area contributed by atoms with Crippen LogP contribution in [0.15, 0.2) is 85.1 Å². The molecule has 0 saturated carbocycles. The molecular formula is C29H28FN5OS. The number of rotatable bonds is 7. The number of thiocarbonyl (C=S) groups is 1. The standard InChI is InChI=1S/C29H28FN5OS/c1-19-18-22(20(2)35(19)25-14-7-6-12-23(25)30)28-27(24-13-8-9-16-31-24)33-29(37)34(28)17-15-26(36)32-21-10-4-3-5-11-21/h3-14,16,18,27-28H,15,17H2,1-2H3,(H,32,36)(H,33,37)/t27-,28+/m0/s1. The second-order valence-corrected chi connectivity index (χ2v) is 9.48. The van der Waals surface area contributed by atoms with Crippen molar-refractivity contribution >= 4 is 28.9 Å². The zero-order valence-corrected chi connectivity index (χ0v) is 21.5. The maximum absolute atomic E-state index is 14.8. The Morgan fingerprint density at radius 1 is 1.05 bits per heavy atom. The molecule has 37 heavy (non-hydrogen) atoms. The van der Waals surface area contributed by atoms with E-state index in [1.165, 1.54) is 6.07 Å². The average molecular weight is 514 g/mol. The molecule has 1 aliphatic rings. The van der Waals surface area contributed by atoms with Crippen LogP contribution in [0.25, 0.3) is 5.69 Å². The van der Waals surface area contributed by atoms with Gasteiger partial charge in [-0.05, 0) is 74.1 Å². The number of carbonyl (C=O) groups excluding carboxylic acids is 1. The fraction of sp³-hybridized carbons (Fsp3) is 0.207. The van der Waals surface area contributed by atoms with Crippen LogP contribution in [0.3, 0.4) is 0 Å². The summed E-state index contributed by atoms with van der Waals surface area (Å²) in [7, 11) is 0. The highest BCUT2D eigenvalue weighted by molar-refractivity contribution is 7.80. The molecule has 1 aliphatic heterocycles. The molecule has 2 aromatic carbocycles. The molecule has 1 saturated heterocycles. The van der Waals surface area contributed by atoms with Crippen LogP contribution in [-0.2, 0) is 4.79 Å². The lowest BCUT2D eigenvalue weighted by atomic mass is 9.96. The van der Waals surface area contributed by atoms with Gasteiger partial charge in [-0.1, -0.05) is 36.4 Å². The minimum Gasteiger partial charge on any atom is -0.352 e. The van der Waals surface area contributed by atoms with E-state index in [2.05, 4.69) is 21.7 Å². The van der Waals surface area contributed by atoms with Crippen molar-refractivity contribution in [2.24, 2.45) is 0 Å². The van der Waals surface area contributed by atoms with Crippen molar-refractivity contribution in [1.29, 1.82) is 0 Å². The van der Waals surface area contributed by atoms with E-state index in [-0.39, 0.29) is 30.2 Å². The predicted octanol–water partition coefficient (Wildman–Crippen LogP) is 5.63. The molecule has 2 atom stereocenters. The van der Waals surface area contributed by atoms with Gasteiger partial charge in [0.1, 0.15) is 5.82 Å². The van der Waals surface area contributed by atoms with E-state index in [1.54, 1.807) is 18.3 Å². The van der Waals surface area contributed by atoms with Crippen molar-refractivity contribution in [3.63, 3.8) is 0 Å². The number of halogens is 1. The molecule has 5 rings (SSSR count). The Morgan fingerprint density at radius 3 is 2.51 bits per heavy atom. The summed E-state index contributed by atoms with van der Waals surface area (Å²) >= 11 is 5.76. The summed E-state index contributed by atoms with van der Waals surface area (Å²) < 4.78 is 16.7. The Morgan fingerprint density at radius 2 is 1.78 bits per heavy atom. The van der Waals surface area contributed by atoms with E-state index < -0.39 is 0 Å². The molecular weight excluding hydrogens is 485 g/mol. The number of aromatic nitrogens is 2. The highest BCUT2D eigenvalue weighted by Crippen LogP contribution is 2.41. The van der Waals surface area contributed by atoms with Gasteiger partial charge in [-0.2, -0.15) is 0 Å². The summed E-state index contributed by atoms with van der Waals surface area (Å²) in [6.07, 6.45) is 2.02. The third-order valence-corrected chi connectivity index (χ3v) is 7.07. The number of aryl methyl sites for hydroxylation is 1. The van der Waals surface area contributed by atoms with E-state index in [0.717, 1.165) is 28.3 Å². The Balaban J connectivity index is 1.49. The lowest BCUT2D eigenvalue weighted by Crippen LogP contribution is -2.32. The van der Waals surface area contributed by atoms with E-state index in [1.807, 2.05) is 77.9 Å². The van der Waals surface area contributed by atoms with Crippen molar-refractivity contribution in [2.75, 3.05) is 11.9 Å². The van der Waals surface area contributed by atoms with Crippen LogP contribution in [-0.4, -0.2) is 32.0 Å². The molecule has 0 unspecified atom stereocenters. The largest absolute Gasteiger partial charge is 0.352 e. The molecule has 0 aliphatic carbocycles. The SMILES string of the molecule is Cc1cc([C@@H]2[C@H](c3ccccn3)NC(=S)N2CCC(=O)Nc2ccccc2)c(C)n1-c1ccccc1F. The van der Waals surface area contributed by atoms with Crippen molar-refractivity contribution in [3.05, 3.63) is 114 Å². The molecule has 3 heterocycles. The molecule has 4 aromatic rings. The number of pyridine rings is 1. The monoisotopic (exact) mass is 513 g/mol. The number of nitrogens with one attached hydrogen (secondary N) is 2. The Labute approximate surface area is 221 Å². The lowest BCUT2D eigenvalue weighted by Gasteiger charge is -2.28.